The largest absolute Gasteiger partial charge is 0.504 e. The molecule has 0 spiro atoms. The third kappa shape index (κ3) is 6.37. The van der Waals surface area contributed by atoms with Crippen LogP contribution in [0, 0.1) is 11.8 Å². The fraction of sp³-hybridized carbons (Fsp3) is 0.613. The van der Waals surface area contributed by atoms with Crippen LogP contribution < -0.4 is 9.47 Å². The molecule has 15 heteroatoms. The Morgan fingerprint density at radius 3 is 2.24 bits per heavy atom. The second kappa shape index (κ2) is 14.1. The van der Waals surface area contributed by atoms with E-state index in [0.29, 0.717) is 17.5 Å². The zero-order chi connectivity index (χ0) is 33.3. The van der Waals surface area contributed by atoms with Crippen LogP contribution in [0.25, 0.3) is 0 Å². The third-order valence-corrected chi connectivity index (χ3v) is 9.24. The van der Waals surface area contributed by atoms with Crippen molar-refractivity contribution in [2.75, 3.05) is 47.3 Å². The minimum Gasteiger partial charge on any atom is -0.504 e. The summed E-state index contributed by atoms with van der Waals surface area (Å²) in [5, 5.41) is 93.4. The number of hydrogen-bond acceptors (Lipinski definition) is 15. The van der Waals surface area contributed by atoms with Gasteiger partial charge in [-0.3, -0.25) is 0 Å². The maximum atomic E-state index is 11.0. The van der Waals surface area contributed by atoms with Crippen LogP contribution in [0.1, 0.15) is 22.6 Å². The number of ether oxygens (including phenoxy) is 6. The molecule has 2 heterocycles. The number of aromatic hydroxyl groups is 2. The van der Waals surface area contributed by atoms with E-state index in [1.54, 1.807) is 24.3 Å². The van der Waals surface area contributed by atoms with Gasteiger partial charge >= 0.3 is 0 Å². The van der Waals surface area contributed by atoms with Gasteiger partial charge in [-0.2, -0.15) is 0 Å². The first-order valence-electron chi connectivity index (χ1n) is 14.9. The standard InChI is InChI=1S/C31H42O15/c1-41-21-6-14(3-4-19(21)35)24-17-8-20(36)22(42-2)7-15(17)5-16(9-32)18(24)11-43-29-27(26(38)25(37)23(10-33)45-29)46-30-28(39)31(40,12-34)13-44-30/h3-4,6-8,16,18,23-30,32-40H,5,9-13H2,1-2H3/t16-,18-,23-,24+,25+,26+,27-,28-,29-,30+,31-/m0/s1. The van der Waals surface area contributed by atoms with Crippen LogP contribution in [0.4, 0.5) is 0 Å². The van der Waals surface area contributed by atoms with Crippen LogP contribution >= 0.6 is 0 Å². The Morgan fingerprint density at radius 2 is 1.61 bits per heavy atom. The van der Waals surface area contributed by atoms with Crippen molar-refractivity contribution in [2.45, 2.75) is 61.0 Å². The van der Waals surface area contributed by atoms with Crippen molar-refractivity contribution >= 4 is 0 Å². The number of benzene rings is 2. The van der Waals surface area contributed by atoms with Crippen molar-refractivity contribution in [2.24, 2.45) is 11.8 Å². The van der Waals surface area contributed by atoms with Crippen molar-refractivity contribution in [1.82, 2.24) is 0 Å². The molecule has 15 nitrogen and oxygen atoms in total. The van der Waals surface area contributed by atoms with E-state index < -0.39 is 86.3 Å². The summed E-state index contributed by atoms with van der Waals surface area (Å²) in [6, 6.07) is 8.07. The number of hydrogen-bond donors (Lipinski definition) is 9. The number of fused-ring (bicyclic) bond motifs is 1. The normalized spacial score (nSPS) is 35.9. The summed E-state index contributed by atoms with van der Waals surface area (Å²) in [4.78, 5) is 0. The van der Waals surface area contributed by atoms with Gasteiger partial charge in [0, 0.05) is 12.5 Å². The average molecular weight is 655 g/mol. The van der Waals surface area contributed by atoms with Crippen LogP contribution in [0.5, 0.6) is 23.0 Å². The Labute approximate surface area is 264 Å². The molecule has 2 aromatic rings. The van der Waals surface area contributed by atoms with Gasteiger partial charge in [0.2, 0.25) is 0 Å². The first kappa shape index (κ1) is 34.5. The van der Waals surface area contributed by atoms with Crippen LogP contribution in [-0.2, 0) is 25.4 Å². The highest BCUT2D eigenvalue weighted by Crippen LogP contribution is 2.48. The number of phenolic OH excluding ortho intramolecular Hbond substituents is 2. The van der Waals surface area contributed by atoms with Crippen LogP contribution in [0.15, 0.2) is 30.3 Å². The van der Waals surface area contributed by atoms with Crippen molar-refractivity contribution in [3.8, 4) is 23.0 Å². The van der Waals surface area contributed by atoms with E-state index in [4.69, 9.17) is 28.4 Å². The molecule has 3 aliphatic rings. The molecular weight excluding hydrogens is 612 g/mol. The van der Waals surface area contributed by atoms with E-state index in [1.807, 2.05) is 0 Å². The first-order chi connectivity index (χ1) is 22.0. The molecule has 0 unspecified atom stereocenters. The number of aliphatic hydroxyl groups excluding tert-OH is 6. The molecule has 0 radical (unpaired) electrons. The molecule has 1 aliphatic carbocycles. The van der Waals surface area contributed by atoms with Crippen molar-refractivity contribution in [1.29, 1.82) is 0 Å². The summed E-state index contributed by atoms with van der Waals surface area (Å²) >= 11 is 0. The highest BCUT2D eigenvalue weighted by atomic mass is 16.8. The van der Waals surface area contributed by atoms with Gasteiger partial charge in [0.25, 0.3) is 0 Å². The smallest absolute Gasteiger partial charge is 0.187 e. The highest BCUT2D eigenvalue weighted by Gasteiger charge is 2.53. The minimum atomic E-state index is -2.02. The molecular formula is C31H42O15. The lowest BCUT2D eigenvalue weighted by molar-refractivity contribution is -0.338. The van der Waals surface area contributed by atoms with Gasteiger partial charge in [-0.05, 0) is 59.2 Å². The quantitative estimate of drug-likeness (QED) is 0.131. The Morgan fingerprint density at radius 1 is 0.891 bits per heavy atom. The van der Waals surface area contributed by atoms with E-state index in [9.17, 15) is 46.0 Å². The van der Waals surface area contributed by atoms with E-state index in [2.05, 4.69) is 0 Å². The van der Waals surface area contributed by atoms with Gasteiger partial charge in [-0.15, -0.1) is 0 Å². The lowest BCUT2D eigenvalue weighted by Gasteiger charge is -2.44. The van der Waals surface area contributed by atoms with Crippen molar-refractivity contribution in [3.05, 3.63) is 47.0 Å². The fourth-order valence-electron chi connectivity index (χ4n) is 6.54. The van der Waals surface area contributed by atoms with Crippen LogP contribution in [0.2, 0.25) is 0 Å². The fourth-order valence-corrected chi connectivity index (χ4v) is 6.54. The predicted molar refractivity (Wildman–Crippen MR) is 155 cm³/mol. The number of methoxy groups -OCH3 is 2. The maximum Gasteiger partial charge on any atom is 0.187 e. The molecule has 2 aliphatic heterocycles. The first-order valence-corrected chi connectivity index (χ1v) is 14.9. The lowest BCUT2D eigenvalue weighted by Crippen LogP contribution is -2.61. The van der Waals surface area contributed by atoms with Crippen molar-refractivity contribution < 1.29 is 74.4 Å². The van der Waals surface area contributed by atoms with Crippen molar-refractivity contribution in [3.63, 3.8) is 0 Å². The highest BCUT2D eigenvalue weighted by molar-refractivity contribution is 5.53. The summed E-state index contributed by atoms with van der Waals surface area (Å²) in [5.41, 5.74) is 0.152. The van der Waals surface area contributed by atoms with Gasteiger partial charge < -0.3 is 74.4 Å². The molecule has 2 saturated heterocycles. The number of phenols is 2. The summed E-state index contributed by atoms with van der Waals surface area (Å²) in [6.07, 6.45) is -10.4. The minimum absolute atomic E-state index is 0.0889. The Balaban J connectivity index is 1.49. The summed E-state index contributed by atoms with van der Waals surface area (Å²) in [6.45, 7) is -2.39. The van der Waals surface area contributed by atoms with Gasteiger partial charge in [0.05, 0.1) is 40.6 Å². The van der Waals surface area contributed by atoms with Gasteiger partial charge in [0.15, 0.2) is 35.6 Å². The molecule has 46 heavy (non-hydrogen) atoms. The van der Waals surface area contributed by atoms with E-state index >= 15 is 0 Å². The average Bonchev–Trinajstić information content (AvgIpc) is 3.35. The van der Waals surface area contributed by atoms with E-state index in [0.717, 1.165) is 5.56 Å². The molecule has 5 rings (SSSR count). The van der Waals surface area contributed by atoms with E-state index in [1.165, 1.54) is 20.3 Å². The lowest BCUT2D eigenvalue weighted by atomic mass is 9.67. The second-order valence-corrected chi connectivity index (χ2v) is 12.0. The van der Waals surface area contributed by atoms with Crippen LogP contribution in [-0.4, -0.2) is 142 Å². The van der Waals surface area contributed by atoms with E-state index in [-0.39, 0.29) is 36.2 Å². The number of aliphatic hydroxyl groups is 7. The third-order valence-electron chi connectivity index (χ3n) is 9.24. The Hall–Kier alpha value is -2.80. The monoisotopic (exact) mass is 654 g/mol. The van der Waals surface area contributed by atoms with Gasteiger partial charge in [-0.1, -0.05) is 6.07 Å². The SMILES string of the molecule is COc1cc([C@@H]2c3cc(O)c(OC)cc3C[C@@H](CO)[C@@H]2CO[C@H]2O[C@@H](CO)[C@@H](O)[C@@H](O)[C@@H]2O[C@H]2OC[C@@](O)(CO)[C@H]2O)ccc1O. The summed E-state index contributed by atoms with van der Waals surface area (Å²) in [7, 11) is 2.84. The Bertz CT molecular complexity index is 1340. The topological polar surface area (TPSA) is 237 Å². The maximum absolute atomic E-state index is 11.0. The Kier molecular flexibility index (Phi) is 10.6. The zero-order valence-electron chi connectivity index (χ0n) is 25.4. The predicted octanol–water partition coefficient (Wildman–Crippen LogP) is -1.69. The number of rotatable bonds is 11. The molecule has 0 aromatic heterocycles. The summed E-state index contributed by atoms with van der Waals surface area (Å²) in [5.74, 6) is -1.22. The molecule has 0 amide bonds. The molecule has 2 aromatic carbocycles. The molecule has 9 N–H and O–H groups in total. The van der Waals surface area contributed by atoms with Crippen LogP contribution in [0.3, 0.4) is 0 Å². The summed E-state index contributed by atoms with van der Waals surface area (Å²) < 4.78 is 33.8. The zero-order valence-corrected chi connectivity index (χ0v) is 25.4. The second-order valence-electron chi connectivity index (χ2n) is 12.0. The molecule has 256 valence electrons. The van der Waals surface area contributed by atoms with Gasteiger partial charge in [-0.25, -0.2) is 0 Å². The molecule has 0 bridgehead atoms. The molecule has 2 fully saturated rings. The van der Waals surface area contributed by atoms with Gasteiger partial charge in [0.1, 0.15) is 36.1 Å². The molecule has 0 saturated carbocycles. The molecule has 11 atom stereocenters.